The van der Waals surface area contributed by atoms with E-state index in [-0.39, 0.29) is 36.0 Å². The normalized spacial score (nSPS) is 13.0. The van der Waals surface area contributed by atoms with Gasteiger partial charge in [-0.3, -0.25) is 19.2 Å². The smallest absolute Gasteiger partial charge is 0.305 e. The average Bonchev–Trinajstić information content (AvgIpc) is 2.57. The standard InChI is InChI=1S/C17H29NO5S/c1-5-14(20)8-13(9-23-17(22)7-3)10-24-11-15(12(4)19)18-16(21)6-2/h13,15H,5-11H2,1-4H3,(H,18,21)/t13-,15-/m0/s1. The molecule has 0 saturated heterocycles. The van der Waals surface area contributed by atoms with Crippen molar-refractivity contribution in [1.29, 1.82) is 0 Å². The van der Waals surface area contributed by atoms with E-state index in [1.807, 2.05) is 0 Å². The number of ether oxygens (including phenoxy) is 1. The molecule has 0 spiro atoms. The zero-order valence-electron chi connectivity index (χ0n) is 15.1. The molecule has 6 nitrogen and oxygen atoms in total. The van der Waals surface area contributed by atoms with Gasteiger partial charge in [-0.25, -0.2) is 0 Å². The Kier molecular flexibility index (Phi) is 12.2. The summed E-state index contributed by atoms with van der Waals surface area (Å²) in [6.45, 7) is 6.90. The van der Waals surface area contributed by atoms with Crippen molar-refractivity contribution in [2.45, 2.75) is 59.4 Å². The second-order valence-electron chi connectivity index (χ2n) is 5.62. The van der Waals surface area contributed by atoms with Crippen molar-refractivity contribution in [1.82, 2.24) is 5.32 Å². The van der Waals surface area contributed by atoms with Gasteiger partial charge in [0.15, 0.2) is 5.78 Å². The summed E-state index contributed by atoms with van der Waals surface area (Å²) in [6.07, 6.45) is 1.43. The van der Waals surface area contributed by atoms with Crippen LogP contribution in [0.3, 0.4) is 0 Å². The van der Waals surface area contributed by atoms with Crippen LogP contribution in [-0.4, -0.2) is 47.6 Å². The molecular formula is C17H29NO5S. The van der Waals surface area contributed by atoms with Gasteiger partial charge in [0, 0.05) is 37.4 Å². The zero-order chi connectivity index (χ0) is 18.5. The van der Waals surface area contributed by atoms with E-state index < -0.39 is 6.04 Å². The number of hydrogen-bond acceptors (Lipinski definition) is 6. The van der Waals surface area contributed by atoms with Crippen LogP contribution in [0.5, 0.6) is 0 Å². The van der Waals surface area contributed by atoms with E-state index in [1.165, 1.54) is 18.7 Å². The predicted molar refractivity (Wildman–Crippen MR) is 94.9 cm³/mol. The van der Waals surface area contributed by atoms with Crippen LogP contribution in [0.4, 0.5) is 0 Å². The molecule has 0 bridgehead atoms. The van der Waals surface area contributed by atoms with Crippen molar-refractivity contribution < 1.29 is 23.9 Å². The molecule has 0 unspecified atom stereocenters. The van der Waals surface area contributed by atoms with E-state index in [0.29, 0.717) is 37.2 Å². The summed E-state index contributed by atoms with van der Waals surface area (Å²) in [4.78, 5) is 46.0. The minimum atomic E-state index is -0.525. The molecule has 0 saturated carbocycles. The van der Waals surface area contributed by atoms with Crippen LogP contribution in [0, 0.1) is 5.92 Å². The van der Waals surface area contributed by atoms with Gasteiger partial charge in [-0.2, -0.15) is 11.8 Å². The summed E-state index contributed by atoms with van der Waals surface area (Å²) in [7, 11) is 0. The van der Waals surface area contributed by atoms with Crippen LogP contribution in [0.25, 0.3) is 0 Å². The molecule has 138 valence electrons. The lowest BCUT2D eigenvalue weighted by Crippen LogP contribution is -2.41. The average molecular weight is 359 g/mol. The first-order valence-electron chi connectivity index (χ1n) is 8.38. The number of hydrogen-bond donors (Lipinski definition) is 1. The monoisotopic (exact) mass is 359 g/mol. The van der Waals surface area contributed by atoms with Gasteiger partial charge < -0.3 is 10.1 Å². The Morgan fingerprint density at radius 3 is 2.17 bits per heavy atom. The van der Waals surface area contributed by atoms with Crippen molar-refractivity contribution in [3.8, 4) is 0 Å². The third-order valence-corrected chi connectivity index (χ3v) is 4.74. The maximum atomic E-state index is 11.7. The number of carbonyl (C=O) groups is 4. The molecule has 24 heavy (non-hydrogen) atoms. The van der Waals surface area contributed by atoms with Crippen LogP contribution in [0.2, 0.25) is 0 Å². The summed E-state index contributed by atoms with van der Waals surface area (Å²) in [5.41, 5.74) is 0. The third kappa shape index (κ3) is 10.4. The quantitative estimate of drug-likeness (QED) is 0.507. The summed E-state index contributed by atoms with van der Waals surface area (Å²) >= 11 is 1.48. The fourth-order valence-corrected chi connectivity index (χ4v) is 3.09. The number of nitrogens with one attached hydrogen (secondary N) is 1. The number of ketones is 2. The Bertz CT molecular complexity index is 439. The van der Waals surface area contributed by atoms with E-state index in [4.69, 9.17) is 4.74 Å². The Balaban J connectivity index is 4.49. The maximum Gasteiger partial charge on any atom is 0.305 e. The molecule has 0 fully saturated rings. The fourth-order valence-electron chi connectivity index (χ4n) is 1.85. The highest BCUT2D eigenvalue weighted by Crippen LogP contribution is 2.16. The molecule has 0 heterocycles. The molecule has 7 heteroatoms. The Hall–Kier alpha value is -1.37. The molecule has 0 aromatic carbocycles. The van der Waals surface area contributed by atoms with Gasteiger partial charge in [-0.15, -0.1) is 0 Å². The van der Waals surface area contributed by atoms with Crippen molar-refractivity contribution in [2.75, 3.05) is 18.1 Å². The van der Waals surface area contributed by atoms with E-state index >= 15 is 0 Å². The van der Waals surface area contributed by atoms with Gasteiger partial charge in [0.25, 0.3) is 0 Å². The number of Topliss-reactive ketones (excluding diaryl/α,β-unsaturated/α-hetero) is 2. The number of esters is 1. The first kappa shape index (κ1) is 22.6. The number of thioether (sulfide) groups is 1. The van der Waals surface area contributed by atoms with Gasteiger partial charge in [0.2, 0.25) is 5.91 Å². The minimum absolute atomic E-state index is 0.0764. The van der Waals surface area contributed by atoms with Crippen molar-refractivity contribution in [3.05, 3.63) is 0 Å². The molecule has 1 amide bonds. The van der Waals surface area contributed by atoms with Gasteiger partial charge in [0.1, 0.15) is 5.78 Å². The highest BCUT2D eigenvalue weighted by molar-refractivity contribution is 7.99. The van der Waals surface area contributed by atoms with Crippen molar-refractivity contribution in [2.24, 2.45) is 5.92 Å². The van der Waals surface area contributed by atoms with Crippen LogP contribution in [-0.2, 0) is 23.9 Å². The fraction of sp³-hybridized carbons (Fsp3) is 0.765. The lowest BCUT2D eigenvalue weighted by Gasteiger charge is -2.19. The molecule has 0 aromatic heterocycles. The number of carbonyl (C=O) groups excluding carboxylic acids is 4. The molecule has 0 radical (unpaired) electrons. The van der Waals surface area contributed by atoms with E-state index in [9.17, 15) is 19.2 Å². The lowest BCUT2D eigenvalue weighted by atomic mass is 10.0. The van der Waals surface area contributed by atoms with Crippen LogP contribution in [0.15, 0.2) is 0 Å². The van der Waals surface area contributed by atoms with Crippen LogP contribution in [0.1, 0.15) is 53.4 Å². The first-order chi connectivity index (χ1) is 11.3. The number of amides is 1. The first-order valence-corrected chi connectivity index (χ1v) is 9.54. The van der Waals surface area contributed by atoms with E-state index in [0.717, 1.165) is 0 Å². The second-order valence-corrected chi connectivity index (χ2v) is 6.70. The Morgan fingerprint density at radius 2 is 1.67 bits per heavy atom. The molecule has 0 aliphatic carbocycles. The minimum Gasteiger partial charge on any atom is -0.465 e. The van der Waals surface area contributed by atoms with E-state index in [2.05, 4.69) is 5.32 Å². The molecule has 0 aromatic rings. The summed E-state index contributed by atoms with van der Waals surface area (Å²) in [5.74, 6) is 0.538. The zero-order valence-corrected chi connectivity index (χ0v) is 15.9. The molecule has 0 aliphatic heterocycles. The summed E-state index contributed by atoms with van der Waals surface area (Å²) in [5, 5.41) is 2.69. The van der Waals surface area contributed by atoms with Gasteiger partial charge >= 0.3 is 5.97 Å². The van der Waals surface area contributed by atoms with Crippen LogP contribution >= 0.6 is 11.8 Å². The summed E-state index contributed by atoms with van der Waals surface area (Å²) in [6, 6.07) is -0.525. The van der Waals surface area contributed by atoms with Gasteiger partial charge in [0.05, 0.1) is 12.6 Å². The van der Waals surface area contributed by atoms with Gasteiger partial charge in [-0.05, 0) is 12.7 Å². The topological polar surface area (TPSA) is 89.5 Å². The SMILES string of the molecule is CCC(=O)C[C@@H](COC(=O)CC)CSC[C@H](NC(=O)CC)C(C)=O. The molecular weight excluding hydrogens is 330 g/mol. The molecule has 0 aliphatic rings. The molecule has 0 rings (SSSR count). The van der Waals surface area contributed by atoms with Crippen LogP contribution < -0.4 is 5.32 Å². The molecule has 1 N–H and O–H groups in total. The van der Waals surface area contributed by atoms with Crippen molar-refractivity contribution in [3.63, 3.8) is 0 Å². The highest BCUT2D eigenvalue weighted by Gasteiger charge is 2.19. The lowest BCUT2D eigenvalue weighted by molar-refractivity contribution is -0.145. The molecule has 2 atom stereocenters. The Labute approximate surface area is 148 Å². The Morgan fingerprint density at radius 1 is 1.00 bits per heavy atom. The number of rotatable bonds is 13. The maximum absolute atomic E-state index is 11.7. The second kappa shape index (κ2) is 13.0. The highest BCUT2D eigenvalue weighted by atomic mass is 32.2. The van der Waals surface area contributed by atoms with E-state index in [1.54, 1.807) is 20.8 Å². The predicted octanol–water partition coefficient (Wildman–Crippen LogP) is 2.14. The van der Waals surface area contributed by atoms with Gasteiger partial charge in [-0.1, -0.05) is 20.8 Å². The summed E-state index contributed by atoms with van der Waals surface area (Å²) < 4.78 is 5.14. The van der Waals surface area contributed by atoms with Crippen molar-refractivity contribution >= 4 is 35.2 Å². The largest absolute Gasteiger partial charge is 0.465 e. The third-order valence-electron chi connectivity index (χ3n) is 3.46.